The third-order valence-electron chi connectivity index (χ3n) is 5.13. The van der Waals surface area contributed by atoms with Crippen molar-refractivity contribution in [2.75, 3.05) is 20.6 Å². The van der Waals surface area contributed by atoms with Crippen LogP contribution in [0.1, 0.15) is 12.5 Å². The highest BCUT2D eigenvalue weighted by molar-refractivity contribution is 7.92. The predicted octanol–water partition coefficient (Wildman–Crippen LogP) is 5.61. The molecule has 0 fully saturated rings. The number of hydrogen-bond acceptors (Lipinski definition) is 5. The van der Waals surface area contributed by atoms with Gasteiger partial charge in [-0.25, -0.2) is 16.8 Å². The molecule has 0 saturated carbocycles. The number of hydrogen-bond donors (Lipinski definition) is 2. The summed E-state index contributed by atoms with van der Waals surface area (Å²) >= 11 is 11.4. The van der Waals surface area contributed by atoms with Crippen molar-refractivity contribution in [1.82, 2.24) is 0 Å². The molecule has 0 saturated heterocycles. The normalized spacial score (nSPS) is 13.0. The molecular formula is C23H20Cl2F3N3O5S2. The van der Waals surface area contributed by atoms with Crippen LogP contribution < -0.4 is 14.3 Å². The van der Waals surface area contributed by atoms with Gasteiger partial charge in [-0.3, -0.25) is 13.8 Å². The van der Waals surface area contributed by atoms with Gasteiger partial charge in [-0.05, 0) is 73.7 Å². The lowest BCUT2D eigenvalue weighted by Gasteiger charge is -2.28. The second-order valence-corrected chi connectivity index (χ2v) is 12.4. The second-order valence-electron chi connectivity index (χ2n) is 8.02. The summed E-state index contributed by atoms with van der Waals surface area (Å²) in [6, 6.07) is 12.0. The molecule has 0 aliphatic rings. The number of carbonyl (C=O) groups is 1. The molecule has 1 amide bonds. The molecule has 0 radical (unpaired) electrons. The maximum atomic E-state index is 13.1. The quantitative estimate of drug-likeness (QED) is 0.345. The molecular weight excluding hydrogens is 590 g/mol. The van der Waals surface area contributed by atoms with E-state index in [0.717, 1.165) is 34.8 Å². The summed E-state index contributed by atoms with van der Waals surface area (Å²) in [7, 11) is -8.17. The van der Waals surface area contributed by atoms with Crippen LogP contribution in [0.5, 0.6) is 0 Å². The summed E-state index contributed by atoms with van der Waals surface area (Å²) < 4.78 is 92.3. The minimum absolute atomic E-state index is 0.149. The molecule has 0 aliphatic heterocycles. The van der Waals surface area contributed by atoms with Crippen LogP contribution in [0.25, 0.3) is 0 Å². The molecule has 0 heterocycles. The third-order valence-corrected chi connectivity index (χ3v) is 8.35. The number of alkyl halides is 3. The average Bonchev–Trinajstić information content (AvgIpc) is 2.80. The third kappa shape index (κ3) is 7.10. The molecule has 1 atom stereocenters. The van der Waals surface area contributed by atoms with Gasteiger partial charge >= 0.3 is 6.18 Å². The molecule has 0 unspecified atom stereocenters. The highest BCUT2D eigenvalue weighted by atomic mass is 35.5. The summed E-state index contributed by atoms with van der Waals surface area (Å²) in [5, 5.41) is 2.30. The monoisotopic (exact) mass is 609 g/mol. The lowest BCUT2D eigenvalue weighted by atomic mass is 10.2. The molecule has 3 rings (SSSR count). The van der Waals surface area contributed by atoms with Crippen LogP contribution in [0, 0.1) is 0 Å². The van der Waals surface area contributed by atoms with Crippen LogP contribution in [-0.2, 0) is 31.0 Å². The van der Waals surface area contributed by atoms with Crippen molar-refractivity contribution >= 4 is 66.2 Å². The van der Waals surface area contributed by atoms with Gasteiger partial charge in [0.1, 0.15) is 6.04 Å². The van der Waals surface area contributed by atoms with Gasteiger partial charge in [0.15, 0.2) is 0 Å². The topological polar surface area (TPSA) is 113 Å². The first-order valence-corrected chi connectivity index (χ1v) is 14.6. The van der Waals surface area contributed by atoms with Crippen molar-refractivity contribution in [2.45, 2.75) is 24.0 Å². The van der Waals surface area contributed by atoms with E-state index in [1.54, 1.807) is 0 Å². The zero-order chi connectivity index (χ0) is 28.5. The number of amides is 1. The Bertz CT molecular complexity index is 1550. The van der Waals surface area contributed by atoms with Crippen LogP contribution in [0.3, 0.4) is 0 Å². The molecule has 0 spiro atoms. The number of carbonyl (C=O) groups excluding carboxylic acids is 1. The van der Waals surface area contributed by atoms with Gasteiger partial charge < -0.3 is 5.32 Å². The number of sulfonamides is 2. The first kappa shape index (κ1) is 29.6. The molecule has 2 N–H and O–H groups in total. The van der Waals surface area contributed by atoms with Crippen molar-refractivity contribution in [3.05, 3.63) is 82.3 Å². The highest BCUT2D eigenvalue weighted by Crippen LogP contribution is 2.36. The molecule has 3 aromatic carbocycles. The summed E-state index contributed by atoms with van der Waals surface area (Å²) in [5.74, 6) is -0.708. The van der Waals surface area contributed by atoms with Crippen LogP contribution in [0.4, 0.5) is 30.2 Å². The van der Waals surface area contributed by atoms with Crippen molar-refractivity contribution in [2.24, 2.45) is 0 Å². The van der Waals surface area contributed by atoms with Gasteiger partial charge in [0.25, 0.3) is 10.0 Å². The summed E-state index contributed by atoms with van der Waals surface area (Å²) in [6.45, 7) is 1.37. The molecule has 0 aromatic heterocycles. The van der Waals surface area contributed by atoms with Crippen molar-refractivity contribution in [3.8, 4) is 0 Å². The highest BCUT2D eigenvalue weighted by Gasteiger charge is 2.34. The fraction of sp³-hybridized carbons (Fsp3) is 0.174. The second kappa shape index (κ2) is 11.0. The van der Waals surface area contributed by atoms with Crippen molar-refractivity contribution in [1.29, 1.82) is 0 Å². The summed E-state index contributed by atoms with van der Waals surface area (Å²) in [4.78, 5) is 12.5. The Morgan fingerprint density at radius 2 is 1.45 bits per heavy atom. The van der Waals surface area contributed by atoms with Gasteiger partial charge in [-0.15, -0.1) is 0 Å². The Hall–Kier alpha value is -3.00. The van der Waals surface area contributed by atoms with Gasteiger partial charge in [0, 0.05) is 16.4 Å². The summed E-state index contributed by atoms with van der Waals surface area (Å²) in [5.41, 5.74) is -1.19. The molecule has 0 bridgehead atoms. The van der Waals surface area contributed by atoms with Gasteiger partial charge in [-0.2, -0.15) is 13.2 Å². The minimum atomic E-state index is -4.78. The Kier molecular flexibility index (Phi) is 8.56. The van der Waals surface area contributed by atoms with Gasteiger partial charge in [0.2, 0.25) is 15.9 Å². The number of halogens is 5. The van der Waals surface area contributed by atoms with E-state index in [9.17, 15) is 34.8 Å². The largest absolute Gasteiger partial charge is 0.417 e. The van der Waals surface area contributed by atoms with Crippen LogP contribution in [0.2, 0.25) is 10.0 Å². The Labute approximate surface area is 227 Å². The first-order chi connectivity index (χ1) is 17.5. The fourth-order valence-electron chi connectivity index (χ4n) is 3.38. The number of nitrogens with zero attached hydrogens (tertiary/aromatic N) is 1. The van der Waals surface area contributed by atoms with E-state index < -0.39 is 48.8 Å². The smallest absolute Gasteiger partial charge is 0.324 e. The number of nitrogens with one attached hydrogen (secondary N) is 2. The van der Waals surface area contributed by atoms with E-state index in [0.29, 0.717) is 11.1 Å². The van der Waals surface area contributed by atoms with Crippen molar-refractivity contribution in [3.63, 3.8) is 0 Å². The average molecular weight is 610 g/mol. The molecule has 3 aromatic rings. The number of benzene rings is 3. The summed E-state index contributed by atoms with van der Waals surface area (Å²) in [6.07, 6.45) is -3.84. The molecule has 8 nitrogen and oxygen atoms in total. The standard InChI is InChI=1S/C23H20Cl2F3N3O5S2/c1-14(31(37(2,33)34)18-8-3-15(24)4-9-18)22(32)29-16-5-10-19(11-6-16)38(35,36)30-17-7-12-21(25)20(13-17)23(26,27)28/h3-14,30H,1-2H3,(H,29,32)/t14-/m0/s1. The van der Waals surface area contributed by atoms with Crippen molar-refractivity contribution < 1.29 is 34.8 Å². The SMILES string of the molecule is C[C@@H](C(=O)Nc1ccc(S(=O)(=O)Nc2ccc(Cl)c(C(F)(F)F)c2)cc1)N(c1ccc(Cl)cc1)S(C)(=O)=O. The van der Waals surface area contributed by atoms with Crippen LogP contribution >= 0.6 is 23.2 Å². The Morgan fingerprint density at radius 1 is 0.895 bits per heavy atom. The Morgan fingerprint density at radius 3 is 1.97 bits per heavy atom. The maximum absolute atomic E-state index is 13.1. The van der Waals surface area contributed by atoms with E-state index in [1.807, 2.05) is 4.72 Å². The lowest BCUT2D eigenvalue weighted by Crippen LogP contribution is -2.45. The van der Waals surface area contributed by atoms with Gasteiger partial charge in [-0.1, -0.05) is 23.2 Å². The zero-order valence-electron chi connectivity index (χ0n) is 19.6. The van der Waals surface area contributed by atoms with E-state index in [2.05, 4.69) is 5.32 Å². The zero-order valence-corrected chi connectivity index (χ0v) is 22.8. The number of rotatable bonds is 8. The number of anilines is 3. The molecule has 38 heavy (non-hydrogen) atoms. The molecule has 204 valence electrons. The van der Waals surface area contributed by atoms with E-state index >= 15 is 0 Å². The molecule has 15 heteroatoms. The van der Waals surface area contributed by atoms with E-state index in [4.69, 9.17) is 23.2 Å². The van der Waals surface area contributed by atoms with Crippen LogP contribution in [0.15, 0.2) is 71.6 Å². The minimum Gasteiger partial charge on any atom is -0.324 e. The van der Waals surface area contributed by atoms with Gasteiger partial charge in [0.05, 0.1) is 27.4 Å². The lowest BCUT2D eigenvalue weighted by molar-refractivity contribution is -0.137. The fourth-order valence-corrected chi connectivity index (χ4v) is 5.96. The maximum Gasteiger partial charge on any atom is 0.417 e. The molecule has 0 aliphatic carbocycles. The predicted molar refractivity (Wildman–Crippen MR) is 141 cm³/mol. The van der Waals surface area contributed by atoms with E-state index in [1.165, 1.54) is 43.3 Å². The van der Waals surface area contributed by atoms with Crippen LogP contribution in [-0.4, -0.2) is 35.0 Å². The Balaban J connectivity index is 1.77. The van der Waals surface area contributed by atoms with E-state index in [-0.39, 0.29) is 22.0 Å². The first-order valence-electron chi connectivity index (χ1n) is 10.5.